The lowest BCUT2D eigenvalue weighted by Gasteiger charge is -2.07. The maximum absolute atomic E-state index is 12.7. The number of amides is 1. The van der Waals surface area contributed by atoms with Gasteiger partial charge in [-0.2, -0.15) is 0 Å². The number of aryl methyl sites for hydroxylation is 1. The molecule has 0 fully saturated rings. The fourth-order valence-corrected chi connectivity index (χ4v) is 3.95. The number of carbonyl (C=O) groups excluding carboxylic acids is 1. The normalized spacial score (nSPS) is 11.0. The van der Waals surface area contributed by atoms with Gasteiger partial charge in [-0.05, 0) is 46.6 Å². The first kappa shape index (κ1) is 16.1. The van der Waals surface area contributed by atoms with Gasteiger partial charge >= 0.3 is 0 Å². The van der Waals surface area contributed by atoms with Gasteiger partial charge in [0.15, 0.2) is 0 Å². The van der Waals surface area contributed by atoms with Gasteiger partial charge < -0.3 is 5.32 Å². The Labute approximate surface area is 157 Å². The van der Waals surface area contributed by atoms with E-state index < -0.39 is 0 Å². The van der Waals surface area contributed by atoms with Crippen molar-refractivity contribution in [3.05, 3.63) is 75.0 Å². The molecule has 0 saturated heterocycles. The molecule has 0 spiro atoms. The number of halogens is 1. The molecular formula is C19H14BrN3OS. The highest BCUT2D eigenvalue weighted by molar-refractivity contribution is 9.11. The van der Waals surface area contributed by atoms with E-state index in [9.17, 15) is 4.79 Å². The largest absolute Gasteiger partial charge is 0.305 e. The zero-order valence-corrected chi connectivity index (χ0v) is 15.8. The Kier molecular flexibility index (Phi) is 4.15. The lowest BCUT2D eigenvalue weighted by molar-refractivity contribution is 0.103. The van der Waals surface area contributed by atoms with Crippen molar-refractivity contribution < 1.29 is 4.79 Å². The first-order valence-corrected chi connectivity index (χ1v) is 9.33. The molecule has 4 aromatic rings. The molecule has 4 nitrogen and oxygen atoms in total. The Morgan fingerprint density at radius 1 is 1.12 bits per heavy atom. The summed E-state index contributed by atoms with van der Waals surface area (Å²) in [6.45, 7) is 2.02. The van der Waals surface area contributed by atoms with E-state index in [0.717, 1.165) is 26.3 Å². The third-order valence-electron chi connectivity index (χ3n) is 3.84. The quantitative estimate of drug-likeness (QED) is 0.491. The number of nitrogens with one attached hydrogen (secondary N) is 1. The number of aromatic nitrogens is 2. The smallest absolute Gasteiger partial charge is 0.266 e. The minimum Gasteiger partial charge on any atom is -0.305 e. The lowest BCUT2D eigenvalue weighted by atomic mass is 10.1. The summed E-state index contributed by atoms with van der Waals surface area (Å²) in [6.07, 6.45) is 1.98. The van der Waals surface area contributed by atoms with E-state index >= 15 is 0 Å². The third kappa shape index (κ3) is 3.10. The van der Waals surface area contributed by atoms with E-state index in [2.05, 4.69) is 21.2 Å². The molecular weight excluding hydrogens is 398 g/mol. The molecule has 0 saturated carbocycles. The molecule has 6 heteroatoms. The second-order valence-electron chi connectivity index (χ2n) is 5.67. The maximum Gasteiger partial charge on any atom is 0.266 e. The van der Waals surface area contributed by atoms with Crippen LogP contribution in [0.2, 0.25) is 0 Å². The predicted octanol–water partition coefficient (Wildman–Crippen LogP) is 5.39. The molecule has 1 aromatic carbocycles. The molecule has 25 heavy (non-hydrogen) atoms. The number of fused-ring (bicyclic) bond motifs is 1. The molecule has 3 heterocycles. The number of imidazole rings is 1. The number of rotatable bonds is 3. The molecule has 124 valence electrons. The van der Waals surface area contributed by atoms with Gasteiger partial charge in [-0.1, -0.05) is 36.4 Å². The van der Waals surface area contributed by atoms with Crippen LogP contribution in [0.15, 0.2) is 64.6 Å². The molecule has 1 N–H and O–H groups in total. The summed E-state index contributed by atoms with van der Waals surface area (Å²) in [7, 11) is 0. The first-order valence-electron chi connectivity index (χ1n) is 7.72. The van der Waals surface area contributed by atoms with Gasteiger partial charge in [0, 0.05) is 11.8 Å². The van der Waals surface area contributed by atoms with Gasteiger partial charge in [0.1, 0.15) is 17.2 Å². The number of hydrogen-bond donors (Lipinski definition) is 1. The Morgan fingerprint density at radius 3 is 2.64 bits per heavy atom. The Morgan fingerprint density at radius 2 is 1.92 bits per heavy atom. The molecule has 0 aliphatic carbocycles. The van der Waals surface area contributed by atoms with E-state index in [-0.39, 0.29) is 5.91 Å². The number of carbonyl (C=O) groups is 1. The number of anilines is 1. The van der Waals surface area contributed by atoms with Crippen molar-refractivity contribution in [3.63, 3.8) is 0 Å². The zero-order chi connectivity index (χ0) is 17.4. The molecule has 3 aromatic heterocycles. The molecule has 4 rings (SSSR count). The van der Waals surface area contributed by atoms with Gasteiger partial charge in [-0.3, -0.25) is 9.20 Å². The summed E-state index contributed by atoms with van der Waals surface area (Å²) < 4.78 is 2.85. The van der Waals surface area contributed by atoms with E-state index in [4.69, 9.17) is 4.98 Å². The van der Waals surface area contributed by atoms with Gasteiger partial charge in [0.05, 0.1) is 8.66 Å². The van der Waals surface area contributed by atoms with Crippen molar-refractivity contribution in [2.24, 2.45) is 0 Å². The number of thiophene rings is 1. The summed E-state index contributed by atoms with van der Waals surface area (Å²) in [6, 6.07) is 17.5. The maximum atomic E-state index is 12.7. The monoisotopic (exact) mass is 411 g/mol. The summed E-state index contributed by atoms with van der Waals surface area (Å²) in [4.78, 5) is 18.0. The standard InChI is InChI=1S/C19H14BrN3OS/c1-12-7-10-16-21-17(13-5-3-2-4-6-13)18(23(16)11-12)22-19(24)14-8-9-15(20)25-14/h2-11H,1H3,(H,22,24). The van der Waals surface area contributed by atoms with Crippen LogP contribution in [0.5, 0.6) is 0 Å². The predicted molar refractivity (Wildman–Crippen MR) is 105 cm³/mol. The molecule has 0 radical (unpaired) electrons. The van der Waals surface area contributed by atoms with Crippen molar-refractivity contribution in [1.82, 2.24) is 9.38 Å². The van der Waals surface area contributed by atoms with Crippen LogP contribution in [-0.4, -0.2) is 15.3 Å². The van der Waals surface area contributed by atoms with Crippen LogP contribution in [0.1, 0.15) is 15.2 Å². The topological polar surface area (TPSA) is 46.4 Å². The summed E-state index contributed by atoms with van der Waals surface area (Å²) in [5, 5.41) is 3.04. The van der Waals surface area contributed by atoms with E-state index in [1.165, 1.54) is 11.3 Å². The van der Waals surface area contributed by atoms with Crippen LogP contribution < -0.4 is 5.32 Å². The van der Waals surface area contributed by atoms with Crippen LogP contribution in [0.3, 0.4) is 0 Å². The number of hydrogen-bond acceptors (Lipinski definition) is 3. The van der Waals surface area contributed by atoms with Crippen LogP contribution in [-0.2, 0) is 0 Å². The first-order chi connectivity index (χ1) is 12.1. The van der Waals surface area contributed by atoms with Crippen LogP contribution in [0, 0.1) is 6.92 Å². The molecule has 0 unspecified atom stereocenters. The second kappa shape index (κ2) is 6.46. The van der Waals surface area contributed by atoms with E-state index in [0.29, 0.717) is 10.7 Å². The molecule has 0 aliphatic heterocycles. The Balaban J connectivity index is 1.85. The summed E-state index contributed by atoms with van der Waals surface area (Å²) in [5.74, 6) is 0.538. The fraction of sp³-hybridized carbons (Fsp3) is 0.0526. The number of benzene rings is 1. The van der Waals surface area contributed by atoms with Crippen LogP contribution in [0.25, 0.3) is 16.9 Å². The second-order valence-corrected chi connectivity index (χ2v) is 8.13. The van der Waals surface area contributed by atoms with Crippen molar-refractivity contribution in [3.8, 4) is 11.3 Å². The third-order valence-corrected chi connectivity index (χ3v) is 5.46. The Hall–Kier alpha value is -2.44. The van der Waals surface area contributed by atoms with Crippen molar-refractivity contribution in [2.45, 2.75) is 6.92 Å². The molecule has 1 amide bonds. The van der Waals surface area contributed by atoms with Crippen molar-refractivity contribution in [2.75, 3.05) is 5.32 Å². The summed E-state index contributed by atoms with van der Waals surface area (Å²) >= 11 is 4.80. The van der Waals surface area contributed by atoms with Gasteiger partial charge in [0.25, 0.3) is 5.91 Å². The van der Waals surface area contributed by atoms with Crippen LogP contribution in [0.4, 0.5) is 5.82 Å². The van der Waals surface area contributed by atoms with Gasteiger partial charge in [0.2, 0.25) is 0 Å². The summed E-state index contributed by atoms with van der Waals surface area (Å²) in [5.41, 5.74) is 3.62. The molecule has 0 atom stereocenters. The lowest BCUT2D eigenvalue weighted by Crippen LogP contribution is -2.12. The zero-order valence-electron chi connectivity index (χ0n) is 13.4. The fourth-order valence-electron chi connectivity index (χ4n) is 2.67. The van der Waals surface area contributed by atoms with Crippen molar-refractivity contribution >= 4 is 44.6 Å². The average Bonchev–Trinajstić information content (AvgIpc) is 3.20. The van der Waals surface area contributed by atoms with Gasteiger partial charge in [-0.25, -0.2) is 4.98 Å². The SMILES string of the molecule is Cc1ccc2nc(-c3ccccc3)c(NC(=O)c3ccc(Br)s3)n2c1. The van der Waals surface area contributed by atoms with Crippen LogP contribution >= 0.6 is 27.3 Å². The molecule has 0 aliphatic rings. The minimum absolute atomic E-state index is 0.142. The number of nitrogens with zero attached hydrogens (tertiary/aromatic N) is 2. The van der Waals surface area contributed by atoms with E-state index in [1.54, 1.807) is 6.07 Å². The molecule has 0 bridgehead atoms. The Bertz CT molecular complexity index is 1070. The highest BCUT2D eigenvalue weighted by atomic mass is 79.9. The highest BCUT2D eigenvalue weighted by Crippen LogP contribution is 2.30. The highest BCUT2D eigenvalue weighted by Gasteiger charge is 2.18. The number of pyridine rings is 1. The van der Waals surface area contributed by atoms with Crippen molar-refractivity contribution in [1.29, 1.82) is 0 Å². The average molecular weight is 412 g/mol. The minimum atomic E-state index is -0.142. The van der Waals surface area contributed by atoms with E-state index in [1.807, 2.05) is 66.1 Å². The van der Waals surface area contributed by atoms with Gasteiger partial charge in [-0.15, -0.1) is 11.3 Å².